The van der Waals surface area contributed by atoms with Gasteiger partial charge in [0.25, 0.3) is 5.91 Å². The molecule has 0 saturated carbocycles. The molecule has 0 aliphatic carbocycles. The number of aromatic amines is 1. The lowest BCUT2D eigenvalue weighted by atomic mass is 10.0. The summed E-state index contributed by atoms with van der Waals surface area (Å²) in [6, 6.07) is 13.0. The maximum absolute atomic E-state index is 12.9. The van der Waals surface area contributed by atoms with Gasteiger partial charge >= 0.3 is 0 Å². The standard InChI is InChI=1S/C16H13FN4O2/c17-11-5-7-12(8-6-11)23-9-10-3-1-2-4-13(10)14-15(16(18)22)20-21-19-14/h1-8H,9H2,(H2,18,22)(H,19,20,21). The zero-order chi connectivity index (χ0) is 16.2. The number of carbonyl (C=O) groups is 1. The van der Waals surface area contributed by atoms with E-state index >= 15 is 0 Å². The highest BCUT2D eigenvalue weighted by atomic mass is 19.1. The highest BCUT2D eigenvalue weighted by Crippen LogP contribution is 2.25. The number of nitrogens with zero attached hydrogens (tertiary/aromatic N) is 2. The number of ether oxygens (including phenoxy) is 1. The molecule has 116 valence electrons. The van der Waals surface area contributed by atoms with E-state index in [0.717, 1.165) is 5.56 Å². The number of nitrogens with two attached hydrogens (primary N) is 1. The molecule has 0 radical (unpaired) electrons. The first-order valence-corrected chi connectivity index (χ1v) is 6.82. The molecule has 1 heterocycles. The smallest absolute Gasteiger partial charge is 0.271 e. The molecule has 0 bridgehead atoms. The Morgan fingerprint density at radius 1 is 1.13 bits per heavy atom. The number of rotatable bonds is 5. The highest BCUT2D eigenvalue weighted by molar-refractivity contribution is 5.97. The van der Waals surface area contributed by atoms with Gasteiger partial charge in [0.15, 0.2) is 5.69 Å². The molecule has 23 heavy (non-hydrogen) atoms. The van der Waals surface area contributed by atoms with Crippen LogP contribution in [0.25, 0.3) is 11.3 Å². The summed E-state index contributed by atoms with van der Waals surface area (Å²) in [5.41, 5.74) is 7.23. The summed E-state index contributed by atoms with van der Waals surface area (Å²) in [5.74, 6) is -0.453. The molecule has 2 aromatic carbocycles. The summed E-state index contributed by atoms with van der Waals surface area (Å²) in [7, 11) is 0. The number of amides is 1. The molecule has 0 aliphatic rings. The molecule has 1 aromatic heterocycles. The van der Waals surface area contributed by atoms with Gasteiger partial charge in [-0.15, -0.1) is 0 Å². The molecule has 0 atom stereocenters. The lowest BCUT2D eigenvalue weighted by molar-refractivity contribution is 0.0996. The van der Waals surface area contributed by atoms with Gasteiger partial charge in [0.1, 0.15) is 23.9 Å². The van der Waals surface area contributed by atoms with Gasteiger partial charge in [-0.2, -0.15) is 15.4 Å². The molecule has 0 fully saturated rings. The van der Waals surface area contributed by atoms with Crippen molar-refractivity contribution in [3.63, 3.8) is 0 Å². The first-order chi connectivity index (χ1) is 11.1. The largest absolute Gasteiger partial charge is 0.489 e. The summed E-state index contributed by atoms with van der Waals surface area (Å²) in [5, 5.41) is 10.2. The minimum absolute atomic E-state index is 0.0687. The van der Waals surface area contributed by atoms with E-state index < -0.39 is 5.91 Å². The maximum Gasteiger partial charge on any atom is 0.271 e. The van der Waals surface area contributed by atoms with E-state index in [1.54, 1.807) is 18.2 Å². The van der Waals surface area contributed by atoms with Crippen LogP contribution in [0, 0.1) is 5.82 Å². The lowest BCUT2D eigenvalue weighted by Crippen LogP contribution is -2.13. The second-order valence-electron chi connectivity index (χ2n) is 4.78. The number of aromatic nitrogens is 3. The van der Waals surface area contributed by atoms with Gasteiger partial charge in [-0.3, -0.25) is 4.79 Å². The monoisotopic (exact) mass is 312 g/mol. The Labute approximate surface area is 131 Å². The van der Waals surface area contributed by atoms with E-state index in [0.29, 0.717) is 17.0 Å². The van der Waals surface area contributed by atoms with Gasteiger partial charge in [0.2, 0.25) is 0 Å². The predicted molar refractivity (Wildman–Crippen MR) is 81.1 cm³/mol. The average Bonchev–Trinajstić information content (AvgIpc) is 3.04. The average molecular weight is 312 g/mol. The van der Waals surface area contributed by atoms with Crippen LogP contribution in [0.5, 0.6) is 5.75 Å². The Hall–Kier alpha value is -3.22. The normalized spacial score (nSPS) is 10.5. The van der Waals surface area contributed by atoms with E-state index in [1.165, 1.54) is 12.1 Å². The van der Waals surface area contributed by atoms with E-state index in [9.17, 15) is 9.18 Å². The zero-order valence-electron chi connectivity index (χ0n) is 12.0. The zero-order valence-corrected chi connectivity index (χ0v) is 12.0. The number of primary amides is 1. The van der Waals surface area contributed by atoms with Crippen LogP contribution in [-0.4, -0.2) is 21.3 Å². The van der Waals surface area contributed by atoms with Crippen molar-refractivity contribution in [3.05, 3.63) is 65.6 Å². The molecule has 0 spiro atoms. The van der Waals surface area contributed by atoms with Crippen LogP contribution in [0.1, 0.15) is 16.1 Å². The van der Waals surface area contributed by atoms with Gasteiger partial charge in [-0.25, -0.2) is 4.39 Å². The minimum Gasteiger partial charge on any atom is -0.489 e. The molecule has 0 saturated heterocycles. The third-order valence-electron chi connectivity index (χ3n) is 3.26. The highest BCUT2D eigenvalue weighted by Gasteiger charge is 2.17. The molecule has 3 N–H and O–H groups in total. The fourth-order valence-electron chi connectivity index (χ4n) is 2.16. The van der Waals surface area contributed by atoms with Crippen molar-refractivity contribution < 1.29 is 13.9 Å². The Morgan fingerprint density at radius 2 is 1.87 bits per heavy atom. The molecule has 7 heteroatoms. The number of carbonyl (C=O) groups excluding carboxylic acids is 1. The van der Waals surface area contributed by atoms with Gasteiger partial charge in [-0.05, 0) is 29.8 Å². The Balaban J connectivity index is 1.87. The van der Waals surface area contributed by atoms with E-state index in [-0.39, 0.29) is 18.1 Å². The predicted octanol–water partition coefficient (Wildman–Crippen LogP) is 2.29. The van der Waals surface area contributed by atoms with Crippen molar-refractivity contribution in [1.29, 1.82) is 0 Å². The van der Waals surface area contributed by atoms with Crippen LogP contribution in [-0.2, 0) is 6.61 Å². The van der Waals surface area contributed by atoms with Gasteiger partial charge in [-0.1, -0.05) is 24.3 Å². The fraction of sp³-hybridized carbons (Fsp3) is 0.0625. The summed E-state index contributed by atoms with van der Waals surface area (Å²) >= 11 is 0. The summed E-state index contributed by atoms with van der Waals surface area (Å²) in [6.07, 6.45) is 0. The molecule has 0 unspecified atom stereocenters. The number of nitrogens with one attached hydrogen (secondary N) is 1. The van der Waals surface area contributed by atoms with Crippen molar-refractivity contribution in [3.8, 4) is 17.0 Å². The van der Waals surface area contributed by atoms with Crippen molar-refractivity contribution in [1.82, 2.24) is 15.4 Å². The summed E-state index contributed by atoms with van der Waals surface area (Å²) in [4.78, 5) is 11.4. The van der Waals surface area contributed by atoms with Crippen LogP contribution in [0.4, 0.5) is 4.39 Å². The number of halogens is 1. The summed E-state index contributed by atoms with van der Waals surface area (Å²) in [6.45, 7) is 0.229. The van der Waals surface area contributed by atoms with Gasteiger partial charge in [0.05, 0.1) is 0 Å². The van der Waals surface area contributed by atoms with Crippen molar-refractivity contribution in [2.45, 2.75) is 6.61 Å². The molecule has 3 rings (SSSR count). The van der Waals surface area contributed by atoms with Crippen LogP contribution in [0.2, 0.25) is 0 Å². The van der Waals surface area contributed by atoms with E-state index in [2.05, 4.69) is 15.4 Å². The van der Waals surface area contributed by atoms with Crippen LogP contribution in [0.3, 0.4) is 0 Å². The number of hydrogen-bond acceptors (Lipinski definition) is 4. The number of benzene rings is 2. The Morgan fingerprint density at radius 3 is 2.61 bits per heavy atom. The maximum atomic E-state index is 12.9. The Kier molecular flexibility index (Phi) is 4.01. The lowest BCUT2D eigenvalue weighted by Gasteiger charge is -2.10. The SMILES string of the molecule is NC(=O)c1n[nH]nc1-c1ccccc1COc1ccc(F)cc1. The van der Waals surface area contributed by atoms with E-state index in [4.69, 9.17) is 10.5 Å². The van der Waals surface area contributed by atoms with Crippen LogP contribution >= 0.6 is 0 Å². The van der Waals surface area contributed by atoms with Gasteiger partial charge < -0.3 is 10.5 Å². The molecule has 1 amide bonds. The first-order valence-electron chi connectivity index (χ1n) is 6.82. The molecule has 6 nitrogen and oxygen atoms in total. The van der Waals surface area contributed by atoms with Crippen molar-refractivity contribution in [2.75, 3.05) is 0 Å². The number of hydrogen-bond donors (Lipinski definition) is 2. The third kappa shape index (κ3) is 3.18. The molecule has 0 aliphatic heterocycles. The minimum atomic E-state index is -0.664. The quantitative estimate of drug-likeness (QED) is 0.756. The summed E-state index contributed by atoms with van der Waals surface area (Å²) < 4.78 is 18.5. The second-order valence-corrected chi connectivity index (χ2v) is 4.78. The fourth-order valence-corrected chi connectivity index (χ4v) is 2.16. The molecular weight excluding hydrogens is 299 g/mol. The van der Waals surface area contributed by atoms with E-state index in [1.807, 2.05) is 18.2 Å². The number of H-pyrrole nitrogens is 1. The molecule has 3 aromatic rings. The van der Waals surface area contributed by atoms with Gasteiger partial charge in [0, 0.05) is 5.56 Å². The van der Waals surface area contributed by atoms with Crippen LogP contribution < -0.4 is 10.5 Å². The third-order valence-corrected chi connectivity index (χ3v) is 3.26. The van der Waals surface area contributed by atoms with Crippen molar-refractivity contribution in [2.24, 2.45) is 5.73 Å². The first kappa shape index (κ1) is 14.7. The topological polar surface area (TPSA) is 93.9 Å². The van der Waals surface area contributed by atoms with Crippen LogP contribution in [0.15, 0.2) is 48.5 Å². The Bertz CT molecular complexity index is 830. The molecular formula is C16H13FN4O2. The second kappa shape index (κ2) is 6.27. The van der Waals surface area contributed by atoms with Crippen molar-refractivity contribution >= 4 is 5.91 Å².